The van der Waals surface area contributed by atoms with Gasteiger partial charge in [0.05, 0.1) is 18.6 Å². The number of carbonyl (C=O) groups excluding carboxylic acids is 1. The monoisotopic (exact) mass is 280 g/mol. The van der Waals surface area contributed by atoms with E-state index < -0.39 is 0 Å². The van der Waals surface area contributed by atoms with Crippen molar-refractivity contribution in [1.29, 1.82) is 0 Å². The summed E-state index contributed by atoms with van der Waals surface area (Å²) < 4.78 is 0. The predicted molar refractivity (Wildman–Crippen MR) is 83.8 cm³/mol. The minimum absolute atomic E-state index is 0.153. The van der Waals surface area contributed by atoms with Crippen molar-refractivity contribution in [2.45, 2.75) is 46.2 Å². The zero-order valence-corrected chi connectivity index (χ0v) is 13.4. The molecule has 5 nitrogen and oxygen atoms in total. The van der Waals surface area contributed by atoms with Crippen LogP contribution in [-0.2, 0) is 4.79 Å². The molecule has 0 bridgehead atoms. The summed E-state index contributed by atoms with van der Waals surface area (Å²) in [6, 6.07) is 0.215. The van der Waals surface area contributed by atoms with E-state index in [0.717, 1.165) is 19.0 Å². The lowest BCUT2D eigenvalue weighted by atomic mass is 9.96. The molecule has 1 aliphatic rings. The second kappa shape index (κ2) is 6.77. The molecule has 0 atom stereocenters. The van der Waals surface area contributed by atoms with Gasteiger partial charge in [-0.2, -0.15) is 0 Å². The summed E-state index contributed by atoms with van der Waals surface area (Å²) in [6.45, 7) is 16.6. The fourth-order valence-corrected chi connectivity index (χ4v) is 2.89. The van der Waals surface area contributed by atoms with Crippen LogP contribution in [0.3, 0.4) is 0 Å². The van der Waals surface area contributed by atoms with Crippen molar-refractivity contribution in [2.75, 3.05) is 26.2 Å². The topological polar surface area (TPSA) is 47.9 Å². The third kappa shape index (κ3) is 3.74. The third-order valence-electron chi connectivity index (χ3n) is 3.35. The molecule has 1 N–H and O–H groups in total. The first-order chi connectivity index (χ1) is 9.33. The zero-order chi connectivity index (χ0) is 15.3. The number of amides is 1. The molecule has 0 aromatic carbocycles. The van der Waals surface area contributed by atoms with E-state index in [0.29, 0.717) is 13.1 Å². The number of rotatable bonds is 4. The standard InChI is InChI=1S/C15H28N4O/c1-7-9-17-14(16-8-2)18-10-13(20)19(12(3)4)15(5,6)11-18/h7,12H,1,8-11H2,2-6H3,(H,16,17). The SMILES string of the molecule is C=CCN=C(NCC)N1CC(=O)N(C(C)C)C(C)(C)C1. The number of piperazine rings is 1. The van der Waals surface area contributed by atoms with Gasteiger partial charge in [-0.1, -0.05) is 6.08 Å². The smallest absolute Gasteiger partial charge is 0.242 e. The Hall–Kier alpha value is -1.52. The first kappa shape index (κ1) is 16.5. The van der Waals surface area contributed by atoms with Crippen LogP contribution in [0.15, 0.2) is 17.6 Å². The summed E-state index contributed by atoms with van der Waals surface area (Å²) >= 11 is 0. The highest BCUT2D eigenvalue weighted by molar-refractivity contribution is 5.88. The van der Waals surface area contributed by atoms with Crippen molar-refractivity contribution in [2.24, 2.45) is 4.99 Å². The van der Waals surface area contributed by atoms with Crippen LogP contribution in [-0.4, -0.2) is 59.4 Å². The lowest BCUT2D eigenvalue weighted by Gasteiger charge is -2.49. The second-order valence-corrected chi connectivity index (χ2v) is 6.01. The molecule has 1 amide bonds. The van der Waals surface area contributed by atoms with Crippen molar-refractivity contribution in [3.05, 3.63) is 12.7 Å². The number of nitrogens with one attached hydrogen (secondary N) is 1. The molecule has 114 valence electrons. The Labute approximate surface area is 122 Å². The Kier molecular flexibility index (Phi) is 5.60. The first-order valence-corrected chi connectivity index (χ1v) is 7.29. The van der Waals surface area contributed by atoms with Crippen LogP contribution >= 0.6 is 0 Å². The van der Waals surface area contributed by atoms with Crippen LogP contribution in [0.1, 0.15) is 34.6 Å². The van der Waals surface area contributed by atoms with Gasteiger partial charge < -0.3 is 15.1 Å². The van der Waals surface area contributed by atoms with Gasteiger partial charge in [-0.3, -0.25) is 4.79 Å². The van der Waals surface area contributed by atoms with E-state index in [1.807, 2.05) is 16.7 Å². The Bertz CT molecular complexity index is 387. The van der Waals surface area contributed by atoms with Crippen molar-refractivity contribution >= 4 is 11.9 Å². The Morgan fingerprint density at radius 1 is 1.55 bits per heavy atom. The van der Waals surface area contributed by atoms with E-state index in [2.05, 4.69) is 44.6 Å². The maximum Gasteiger partial charge on any atom is 0.242 e. The van der Waals surface area contributed by atoms with Crippen molar-refractivity contribution in [1.82, 2.24) is 15.1 Å². The highest BCUT2D eigenvalue weighted by Gasteiger charge is 2.40. The molecule has 0 spiro atoms. The van der Waals surface area contributed by atoms with Gasteiger partial charge >= 0.3 is 0 Å². The molecular formula is C15H28N4O. The number of guanidine groups is 1. The molecule has 1 saturated heterocycles. The average Bonchev–Trinajstić information content (AvgIpc) is 2.31. The molecule has 1 rings (SSSR count). The molecule has 1 aliphatic heterocycles. The van der Waals surface area contributed by atoms with Crippen LogP contribution in [0.25, 0.3) is 0 Å². The summed E-state index contributed by atoms with van der Waals surface area (Å²) in [4.78, 5) is 20.9. The van der Waals surface area contributed by atoms with E-state index >= 15 is 0 Å². The van der Waals surface area contributed by atoms with Crippen LogP contribution < -0.4 is 5.32 Å². The molecule has 0 saturated carbocycles. The lowest BCUT2D eigenvalue weighted by Crippen LogP contribution is -2.66. The van der Waals surface area contributed by atoms with Crippen LogP contribution in [0.5, 0.6) is 0 Å². The number of hydrogen-bond donors (Lipinski definition) is 1. The number of carbonyl (C=O) groups is 1. The number of aliphatic imine (C=N–C) groups is 1. The van der Waals surface area contributed by atoms with E-state index in [4.69, 9.17) is 0 Å². The highest BCUT2D eigenvalue weighted by atomic mass is 16.2. The maximum absolute atomic E-state index is 12.4. The van der Waals surface area contributed by atoms with Gasteiger partial charge in [0, 0.05) is 19.1 Å². The van der Waals surface area contributed by atoms with Gasteiger partial charge in [-0.15, -0.1) is 6.58 Å². The van der Waals surface area contributed by atoms with E-state index in [9.17, 15) is 4.79 Å². The van der Waals surface area contributed by atoms with Gasteiger partial charge in [-0.05, 0) is 34.6 Å². The van der Waals surface area contributed by atoms with Gasteiger partial charge in [0.2, 0.25) is 5.91 Å². The molecule has 0 radical (unpaired) electrons. The van der Waals surface area contributed by atoms with E-state index in [1.54, 1.807) is 6.08 Å². The molecule has 0 aromatic rings. The van der Waals surface area contributed by atoms with Crippen LogP contribution in [0.2, 0.25) is 0 Å². The molecule has 0 unspecified atom stereocenters. The zero-order valence-electron chi connectivity index (χ0n) is 13.4. The summed E-state index contributed by atoms with van der Waals surface area (Å²) in [7, 11) is 0. The minimum atomic E-state index is -0.201. The Balaban J connectivity index is 2.94. The third-order valence-corrected chi connectivity index (χ3v) is 3.35. The minimum Gasteiger partial charge on any atom is -0.356 e. The van der Waals surface area contributed by atoms with Gasteiger partial charge in [0.25, 0.3) is 0 Å². The quantitative estimate of drug-likeness (QED) is 0.482. The van der Waals surface area contributed by atoms with Crippen LogP contribution in [0, 0.1) is 0 Å². The fourth-order valence-electron chi connectivity index (χ4n) is 2.89. The fraction of sp³-hybridized carbons (Fsp3) is 0.733. The predicted octanol–water partition coefficient (Wildman–Crippen LogP) is 1.47. The van der Waals surface area contributed by atoms with Crippen molar-refractivity contribution in [3.63, 3.8) is 0 Å². The maximum atomic E-state index is 12.4. The first-order valence-electron chi connectivity index (χ1n) is 7.29. The molecule has 0 aliphatic carbocycles. The van der Waals surface area contributed by atoms with Gasteiger partial charge in [0.1, 0.15) is 0 Å². The molecule has 20 heavy (non-hydrogen) atoms. The summed E-state index contributed by atoms with van der Waals surface area (Å²) in [5.74, 6) is 0.942. The van der Waals surface area contributed by atoms with Crippen molar-refractivity contribution in [3.8, 4) is 0 Å². The Morgan fingerprint density at radius 2 is 2.20 bits per heavy atom. The number of hydrogen-bond acceptors (Lipinski definition) is 2. The average molecular weight is 280 g/mol. The normalized spacial score (nSPS) is 19.5. The Morgan fingerprint density at radius 3 is 2.65 bits per heavy atom. The lowest BCUT2D eigenvalue weighted by molar-refractivity contribution is -0.145. The van der Waals surface area contributed by atoms with E-state index in [1.165, 1.54) is 0 Å². The highest BCUT2D eigenvalue weighted by Crippen LogP contribution is 2.24. The summed E-state index contributed by atoms with van der Waals surface area (Å²) in [5.41, 5.74) is -0.201. The number of nitrogens with zero attached hydrogens (tertiary/aromatic N) is 3. The molecule has 1 fully saturated rings. The molecule has 1 heterocycles. The van der Waals surface area contributed by atoms with E-state index in [-0.39, 0.29) is 17.5 Å². The van der Waals surface area contributed by atoms with Crippen LogP contribution in [0.4, 0.5) is 0 Å². The summed E-state index contributed by atoms with van der Waals surface area (Å²) in [6.07, 6.45) is 1.76. The van der Waals surface area contributed by atoms with Gasteiger partial charge in [0.15, 0.2) is 5.96 Å². The molecular weight excluding hydrogens is 252 g/mol. The molecule has 0 aromatic heterocycles. The summed E-state index contributed by atoms with van der Waals surface area (Å²) in [5, 5.41) is 3.25. The largest absolute Gasteiger partial charge is 0.356 e. The van der Waals surface area contributed by atoms with Gasteiger partial charge in [-0.25, -0.2) is 4.99 Å². The molecule has 5 heteroatoms. The second-order valence-electron chi connectivity index (χ2n) is 6.01. The van der Waals surface area contributed by atoms with Crippen molar-refractivity contribution < 1.29 is 4.79 Å².